The Morgan fingerprint density at radius 2 is 1.78 bits per heavy atom. The minimum absolute atomic E-state index is 0.320. The summed E-state index contributed by atoms with van der Waals surface area (Å²) < 4.78 is 22.2. The molecule has 0 amide bonds. The van der Waals surface area contributed by atoms with Crippen molar-refractivity contribution in [3.8, 4) is 11.5 Å². The Kier molecular flexibility index (Phi) is 4.09. The first-order valence-corrected chi connectivity index (χ1v) is 6.22. The molecule has 1 aromatic rings. The largest absolute Gasteiger partial charge is 0.484 e. The van der Waals surface area contributed by atoms with E-state index in [1.807, 2.05) is 12.1 Å². The minimum atomic E-state index is -0.829. The van der Waals surface area contributed by atoms with Crippen LogP contribution in [0.4, 0.5) is 0 Å². The second-order valence-electron chi connectivity index (χ2n) is 4.43. The molecule has 1 aliphatic heterocycles. The van der Waals surface area contributed by atoms with Gasteiger partial charge in [-0.1, -0.05) is 19.4 Å². The third kappa shape index (κ3) is 2.60. The van der Waals surface area contributed by atoms with Gasteiger partial charge >= 0.3 is 0 Å². The highest BCUT2D eigenvalue weighted by Gasteiger charge is 2.35. The van der Waals surface area contributed by atoms with Gasteiger partial charge in [-0.15, -0.1) is 0 Å². The monoisotopic (exact) mass is 252 g/mol. The van der Waals surface area contributed by atoms with Gasteiger partial charge in [0.25, 0.3) is 0 Å². The van der Waals surface area contributed by atoms with Crippen LogP contribution < -0.4 is 9.47 Å². The van der Waals surface area contributed by atoms with Crippen LogP contribution >= 0.6 is 0 Å². The average Bonchev–Trinajstić information content (AvgIpc) is 2.59. The fraction of sp³-hybridized carbons (Fsp3) is 0.571. The average molecular weight is 252 g/mol. The maximum Gasteiger partial charge on any atom is 0.237 e. The number of aryl methyl sites for hydroxylation is 1. The maximum absolute atomic E-state index is 5.76. The van der Waals surface area contributed by atoms with Gasteiger partial charge < -0.3 is 18.9 Å². The lowest BCUT2D eigenvalue weighted by molar-refractivity contribution is -0.232. The third-order valence-corrected chi connectivity index (χ3v) is 3.19. The highest BCUT2D eigenvalue weighted by molar-refractivity contribution is 5.43. The van der Waals surface area contributed by atoms with Crippen molar-refractivity contribution < 1.29 is 18.9 Å². The highest BCUT2D eigenvalue weighted by atomic mass is 16.7. The summed E-state index contributed by atoms with van der Waals surface area (Å²) in [7, 11) is 3.18. The van der Waals surface area contributed by atoms with E-state index in [0.717, 1.165) is 24.3 Å². The molecule has 0 unspecified atom stereocenters. The predicted molar refractivity (Wildman–Crippen MR) is 68.2 cm³/mol. The molecule has 0 fully saturated rings. The quantitative estimate of drug-likeness (QED) is 0.771. The fourth-order valence-electron chi connectivity index (χ4n) is 1.96. The van der Waals surface area contributed by atoms with E-state index >= 15 is 0 Å². The van der Waals surface area contributed by atoms with Crippen molar-refractivity contribution in [2.75, 3.05) is 27.4 Å². The third-order valence-electron chi connectivity index (χ3n) is 3.19. The van der Waals surface area contributed by atoms with Gasteiger partial charge in [-0.25, -0.2) is 0 Å². The molecule has 100 valence electrons. The topological polar surface area (TPSA) is 36.9 Å². The molecular weight excluding hydrogens is 232 g/mol. The molecule has 0 aliphatic carbocycles. The summed E-state index contributed by atoms with van der Waals surface area (Å²) in [4.78, 5) is 0. The second kappa shape index (κ2) is 5.59. The molecule has 0 N–H and O–H groups in total. The first kappa shape index (κ1) is 13.2. The number of rotatable bonds is 4. The van der Waals surface area contributed by atoms with Crippen molar-refractivity contribution in [1.29, 1.82) is 0 Å². The van der Waals surface area contributed by atoms with E-state index in [9.17, 15) is 0 Å². The van der Waals surface area contributed by atoms with Crippen LogP contribution in [0.1, 0.15) is 18.9 Å². The number of ether oxygens (including phenoxy) is 4. The van der Waals surface area contributed by atoms with Crippen molar-refractivity contribution in [1.82, 2.24) is 0 Å². The number of methoxy groups -OCH3 is 2. The predicted octanol–water partition coefficient (Wildman–Crippen LogP) is 2.40. The standard InChI is InChI=1S/C14H20O4/c1-4-5-11-6-7-12-13(8-11)18-10-14(15-2,16-3)9-17-12/h6-8H,4-5,9-10H2,1-3H3. The van der Waals surface area contributed by atoms with Gasteiger partial charge in [0.2, 0.25) is 5.79 Å². The van der Waals surface area contributed by atoms with Crippen LogP contribution in [0.3, 0.4) is 0 Å². The summed E-state index contributed by atoms with van der Waals surface area (Å²) >= 11 is 0. The lowest BCUT2D eigenvalue weighted by atomic mass is 10.1. The van der Waals surface area contributed by atoms with Crippen LogP contribution in [0.25, 0.3) is 0 Å². The van der Waals surface area contributed by atoms with Gasteiger partial charge in [0.05, 0.1) is 0 Å². The van der Waals surface area contributed by atoms with Gasteiger partial charge in [-0.05, 0) is 24.1 Å². The lowest BCUT2D eigenvalue weighted by Crippen LogP contribution is -2.44. The zero-order valence-electron chi connectivity index (χ0n) is 11.2. The van der Waals surface area contributed by atoms with Crippen LogP contribution in [0.2, 0.25) is 0 Å². The van der Waals surface area contributed by atoms with E-state index in [-0.39, 0.29) is 0 Å². The first-order valence-electron chi connectivity index (χ1n) is 6.22. The van der Waals surface area contributed by atoms with E-state index < -0.39 is 5.79 Å². The summed E-state index contributed by atoms with van der Waals surface area (Å²) in [5.74, 6) is 0.673. The lowest BCUT2D eigenvalue weighted by Gasteiger charge is -2.27. The maximum atomic E-state index is 5.76. The fourth-order valence-corrected chi connectivity index (χ4v) is 1.96. The van der Waals surface area contributed by atoms with Gasteiger partial charge in [0.1, 0.15) is 13.2 Å². The number of benzene rings is 1. The Morgan fingerprint density at radius 1 is 1.11 bits per heavy atom. The molecule has 0 bridgehead atoms. The highest BCUT2D eigenvalue weighted by Crippen LogP contribution is 2.33. The molecule has 4 heteroatoms. The summed E-state index contributed by atoms with van der Waals surface area (Å²) in [6, 6.07) is 6.04. The Hall–Kier alpha value is -1.26. The molecule has 0 radical (unpaired) electrons. The van der Waals surface area contributed by atoms with Gasteiger partial charge in [-0.2, -0.15) is 0 Å². The molecule has 0 saturated heterocycles. The van der Waals surface area contributed by atoms with Crippen LogP contribution in [-0.2, 0) is 15.9 Å². The van der Waals surface area contributed by atoms with Gasteiger partial charge in [-0.3, -0.25) is 0 Å². The molecule has 1 aromatic carbocycles. The smallest absolute Gasteiger partial charge is 0.237 e. The minimum Gasteiger partial charge on any atom is -0.484 e. The molecular formula is C14H20O4. The Bertz CT molecular complexity index is 399. The zero-order valence-corrected chi connectivity index (χ0v) is 11.2. The molecule has 4 nitrogen and oxygen atoms in total. The van der Waals surface area contributed by atoms with E-state index in [1.165, 1.54) is 5.56 Å². The molecule has 1 aliphatic rings. The Labute approximate surface area is 108 Å². The van der Waals surface area contributed by atoms with Crippen LogP contribution in [0, 0.1) is 0 Å². The van der Waals surface area contributed by atoms with E-state index in [0.29, 0.717) is 13.2 Å². The normalized spacial score (nSPS) is 17.3. The summed E-state index contributed by atoms with van der Waals surface area (Å²) in [6.07, 6.45) is 2.15. The summed E-state index contributed by atoms with van der Waals surface area (Å²) in [6.45, 7) is 2.80. The van der Waals surface area contributed by atoms with E-state index in [4.69, 9.17) is 18.9 Å². The van der Waals surface area contributed by atoms with Crippen LogP contribution in [-0.4, -0.2) is 33.2 Å². The first-order chi connectivity index (χ1) is 8.73. The van der Waals surface area contributed by atoms with Crippen molar-refractivity contribution >= 4 is 0 Å². The van der Waals surface area contributed by atoms with Gasteiger partial charge in [0, 0.05) is 14.2 Å². The molecule has 0 atom stereocenters. The van der Waals surface area contributed by atoms with Gasteiger partial charge in [0.15, 0.2) is 11.5 Å². The zero-order chi connectivity index (χ0) is 13.0. The Morgan fingerprint density at radius 3 is 2.39 bits per heavy atom. The number of hydrogen-bond donors (Lipinski definition) is 0. The van der Waals surface area contributed by atoms with Crippen LogP contribution in [0.5, 0.6) is 11.5 Å². The second-order valence-corrected chi connectivity index (χ2v) is 4.43. The van der Waals surface area contributed by atoms with Crippen molar-refractivity contribution in [3.05, 3.63) is 23.8 Å². The van der Waals surface area contributed by atoms with Crippen molar-refractivity contribution in [2.24, 2.45) is 0 Å². The van der Waals surface area contributed by atoms with E-state index in [2.05, 4.69) is 13.0 Å². The van der Waals surface area contributed by atoms with Crippen molar-refractivity contribution in [2.45, 2.75) is 25.6 Å². The molecule has 18 heavy (non-hydrogen) atoms. The van der Waals surface area contributed by atoms with Crippen molar-refractivity contribution in [3.63, 3.8) is 0 Å². The summed E-state index contributed by atoms with van der Waals surface area (Å²) in [5.41, 5.74) is 1.25. The molecule has 0 spiro atoms. The SMILES string of the molecule is CCCc1ccc2c(c1)OCC(OC)(OC)CO2. The molecule has 0 saturated carbocycles. The van der Waals surface area contributed by atoms with Crippen LogP contribution in [0.15, 0.2) is 18.2 Å². The van der Waals surface area contributed by atoms with E-state index in [1.54, 1.807) is 14.2 Å². The molecule has 0 aromatic heterocycles. The molecule has 2 rings (SSSR count). The summed E-state index contributed by atoms with van der Waals surface area (Å²) in [5, 5.41) is 0. The number of hydrogen-bond acceptors (Lipinski definition) is 4. The molecule has 1 heterocycles. The Balaban J connectivity index is 2.19. The number of fused-ring (bicyclic) bond motifs is 1.